The maximum absolute atomic E-state index is 11.9. The highest BCUT2D eigenvalue weighted by Gasteiger charge is 2.48. The highest BCUT2D eigenvalue weighted by molar-refractivity contribution is 5.79. The Morgan fingerprint density at radius 2 is 2.00 bits per heavy atom. The van der Waals surface area contributed by atoms with Crippen molar-refractivity contribution in [3.05, 3.63) is 29.3 Å². The van der Waals surface area contributed by atoms with Crippen molar-refractivity contribution < 1.29 is 19.0 Å². The third kappa shape index (κ3) is 3.26. The molecule has 0 spiro atoms. The maximum Gasteiger partial charge on any atom is 0.338 e. The second kappa shape index (κ2) is 4.85. The van der Waals surface area contributed by atoms with Gasteiger partial charge in [0.05, 0.1) is 7.11 Å². The van der Waals surface area contributed by atoms with E-state index in [0.29, 0.717) is 0 Å². The lowest BCUT2D eigenvalue weighted by atomic mass is 10.0. The van der Waals surface area contributed by atoms with Crippen LogP contribution >= 0.6 is 0 Å². The molecule has 1 aromatic rings. The van der Waals surface area contributed by atoms with Crippen LogP contribution in [-0.2, 0) is 14.3 Å². The Morgan fingerprint density at radius 3 is 2.53 bits per heavy atom. The van der Waals surface area contributed by atoms with E-state index in [-0.39, 0.29) is 12.1 Å². The molecule has 0 aromatic heterocycles. The molecule has 4 nitrogen and oxygen atoms in total. The number of benzene rings is 1. The summed E-state index contributed by atoms with van der Waals surface area (Å²) in [7, 11) is 1.63. The van der Waals surface area contributed by atoms with Crippen LogP contribution in [-0.4, -0.2) is 24.8 Å². The molecule has 2 atom stereocenters. The van der Waals surface area contributed by atoms with Gasteiger partial charge in [-0.2, -0.15) is 0 Å². The highest BCUT2D eigenvalue weighted by atomic mass is 16.6. The number of epoxide rings is 1. The average molecular weight is 264 g/mol. The van der Waals surface area contributed by atoms with Crippen molar-refractivity contribution in [2.75, 3.05) is 7.11 Å². The van der Waals surface area contributed by atoms with Crippen molar-refractivity contribution in [3.63, 3.8) is 0 Å². The van der Waals surface area contributed by atoms with E-state index in [4.69, 9.17) is 14.2 Å². The van der Waals surface area contributed by atoms with Crippen LogP contribution in [0.4, 0.5) is 0 Å². The predicted octanol–water partition coefficient (Wildman–Crippen LogP) is 2.79. The van der Waals surface area contributed by atoms with Gasteiger partial charge in [-0.05, 0) is 51.0 Å². The summed E-state index contributed by atoms with van der Waals surface area (Å²) < 4.78 is 15.9. The topological polar surface area (TPSA) is 48.1 Å². The molecule has 1 heterocycles. The van der Waals surface area contributed by atoms with Crippen molar-refractivity contribution in [1.82, 2.24) is 0 Å². The van der Waals surface area contributed by atoms with Gasteiger partial charge in [0.1, 0.15) is 17.5 Å². The summed E-state index contributed by atoms with van der Waals surface area (Å²) >= 11 is 0. The number of aryl methyl sites for hydroxylation is 1. The Bertz CT molecular complexity index is 487. The van der Waals surface area contributed by atoms with Gasteiger partial charge in [0.25, 0.3) is 0 Å². The summed E-state index contributed by atoms with van der Waals surface area (Å²) in [6.45, 7) is 7.52. The van der Waals surface area contributed by atoms with Gasteiger partial charge in [-0.15, -0.1) is 0 Å². The number of methoxy groups -OCH3 is 1. The van der Waals surface area contributed by atoms with Gasteiger partial charge in [-0.1, -0.05) is 6.07 Å². The number of carbonyl (C=O) groups is 1. The molecule has 4 heteroatoms. The van der Waals surface area contributed by atoms with Crippen LogP contribution in [0.2, 0.25) is 0 Å². The molecule has 1 fully saturated rings. The number of esters is 1. The lowest BCUT2D eigenvalue weighted by Crippen LogP contribution is -2.26. The molecule has 0 aliphatic carbocycles. The van der Waals surface area contributed by atoms with Crippen LogP contribution in [0.1, 0.15) is 38.0 Å². The van der Waals surface area contributed by atoms with Crippen LogP contribution in [0.15, 0.2) is 18.2 Å². The summed E-state index contributed by atoms with van der Waals surface area (Å²) in [5.74, 6) is 0.503. The highest BCUT2D eigenvalue weighted by Crippen LogP contribution is 2.42. The zero-order valence-corrected chi connectivity index (χ0v) is 12.0. The smallest absolute Gasteiger partial charge is 0.338 e. The molecule has 0 N–H and O–H groups in total. The number of hydrogen-bond acceptors (Lipinski definition) is 4. The van der Waals surface area contributed by atoms with E-state index in [0.717, 1.165) is 16.9 Å². The van der Waals surface area contributed by atoms with E-state index < -0.39 is 11.7 Å². The molecule has 0 saturated carbocycles. The molecule has 19 heavy (non-hydrogen) atoms. The molecule has 0 amide bonds. The first-order chi connectivity index (χ1) is 8.81. The number of carbonyl (C=O) groups excluding carboxylic acids is 1. The molecule has 1 aliphatic rings. The first-order valence-corrected chi connectivity index (χ1v) is 6.34. The van der Waals surface area contributed by atoms with Gasteiger partial charge in [0.2, 0.25) is 0 Å². The third-order valence-electron chi connectivity index (χ3n) is 2.91. The minimum Gasteiger partial charge on any atom is -0.497 e. The summed E-state index contributed by atoms with van der Waals surface area (Å²) in [6.07, 6.45) is -0.674. The van der Waals surface area contributed by atoms with Gasteiger partial charge in [0.15, 0.2) is 6.10 Å². The monoisotopic (exact) mass is 264 g/mol. The second-order valence-electron chi connectivity index (χ2n) is 5.73. The van der Waals surface area contributed by atoms with Crippen molar-refractivity contribution in [3.8, 4) is 5.75 Å². The Morgan fingerprint density at radius 1 is 1.32 bits per heavy atom. The molecule has 2 unspecified atom stereocenters. The van der Waals surface area contributed by atoms with Crippen molar-refractivity contribution in [1.29, 1.82) is 0 Å². The fraction of sp³-hybridized carbons (Fsp3) is 0.533. The molecule has 0 bridgehead atoms. The molecule has 104 valence electrons. The third-order valence-corrected chi connectivity index (χ3v) is 2.91. The Balaban J connectivity index is 2.05. The Kier molecular flexibility index (Phi) is 3.54. The molecular formula is C15H20O4. The van der Waals surface area contributed by atoms with E-state index in [9.17, 15) is 4.79 Å². The van der Waals surface area contributed by atoms with E-state index >= 15 is 0 Å². The Labute approximate surface area is 113 Å². The first kappa shape index (κ1) is 13.9. The van der Waals surface area contributed by atoms with Crippen molar-refractivity contribution in [2.45, 2.75) is 45.5 Å². The fourth-order valence-electron chi connectivity index (χ4n) is 1.98. The van der Waals surface area contributed by atoms with Crippen LogP contribution in [0.5, 0.6) is 5.75 Å². The summed E-state index contributed by atoms with van der Waals surface area (Å²) in [4.78, 5) is 11.9. The lowest BCUT2D eigenvalue weighted by molar-refractivity contribution is -0.156. The largest absolute Gasteiger partial charge is 0.497 e. The molecular weight excluding hydrogens is 244 g/mol. The van der Waals surface area contributed by atoms with E-state index in [2.05, 4.69) is 0 Å². The van der Waals surface area contributed by atoms with Crippen LogP contribution in [0.25, 0.3) is 0 Å². The van der Waals surface area contributed by atoms with Gasteiger partial charge >= 0.3 is 5.97 Å². The van der Waals surface area contributed by atoms with Crippen molar-refractivity contribution in [2.24, 2.45) is 0 Å². The Hall–Kier alpha value is -1.55. The molecule has 2 rings (SSSR count). The van der Waals surface area contributed by atoms with Gasteiger partial charge < -0.3 is 14.2 Å². The number of rotatable bonds is 3. The summed E-state index contributed by atoms with van der Waals surface area (Å²) in [5.41, 5.74) is 1.58. The SMILES string of the molecule is COc1ccc(C2OC2C(=O)OC(C)(C)C)c(C)c1. The van der Waals surface area contributed by atoms with Crippen LogP contribution in [0.3, 0.4) is 0 Å². The predicted molar refractivity (Wildman–Crippen MR) is 71.2 cm³/mol. The van der Waals surface area contributed by atoms with Crippen molar-refractivity contribution >= 4 is 5.97 Å². The normalized spacial score (nSPS) is 21.9. The average Bonchev–Trinajstić information content (AvgIpc) is 3.06. The minimum absolute atomic E-state index is 0.194. The van der Waals surface area contributed by atoms with E-state index in [1.807, 2.05) is 45.9 Å². The van der Waals surface area contributed by atoms with E-state index in [1.54, 1.807) is 7.11 Å². The zero-order chi connectivity index (χ0) is 14.2. The summed E-state index contributed by atoms with van der Waals surface area (Å²) in [6, 6.07) is 5.74. The van der Waals surface area contributed by atoms with Gasteiger partial charge in [-0.25, -0.2) is 4.79 Å². The first-order valence-electron chi connectivity index (χ1n) is 6.34. The van der Waals surface area contributed by atoms with Gasteiger partial charge in [-0.3, -0.25) is 0 Å². The van der Waals surface area contributed by atoms with Crippen LogP contribution in [0, 0.1) is 6.92 Å². The van der Waals surface area contributed by atoms with Crippen LogP contribution < -0.4 is 4.74 Å². The number of ether oxygens (including phenoxy) is 3. The standard InChI is InChI=1S/C15H20O4/c1-9-8-10(17-5)6-7-11(9)12-13(18-12)14(16)19-15(2,3)4/h6-8,12-13H,1-5H3. The maximum atomic E-state index is 11.9. The lowest BCUT2D eigenvalue weighted by Gasteiger charge is -2.18. The number of hydrogen-bond donors (Lipinski definition) is 0. The van der Waals surface area contributed by atoms with Gasteiger partial charge in [0, 0.05) is 0 Å². The second-order valence-corrected chi connectivity index (χ2v) is 5.73. The molecule has 0 radical (unpaired) electrons. The molecule has 1 saturated heterocycles. The zero-order valence-electron chi connectivity index (χ0n) is 12.0. The minimum atomic E-state index is -0.484. The molecule has 1 aliphatic heterocycles. The van der Waals surface area contributed by atoms with E-state index in [1.165, 1.54) is 0 Å². The quantitative estimate of drug-likeness (QED) is 0.622. The summed E-state index contributed by atoms with van der Waals surface area (Å²) in [5, 5.41) is 0. The molecule has 1 aromatic carbocycles. The fourth-order valence-corrected chi connectivity index (χ4v) is 1.98.